The highest BCUT2D eigenvalue weighted by Crippen LogP contribution is 2.17. The number of Topliss-reactive ketones (excluding diaryl/α,β-unsaturated/α-hetero) is 1. The van der Waals surface area contributed by atoms with E-state index in [0.29, 0.717) is 11.3 Å². The van der Waals surface area contributed by atoms with Gasteiger partial charge in [-0.2, -0.15) is 0 Å². The molecule has 3 rings (SSSR count). The molecule has 1 heterocycles. The Balaban J connectivity index is 1.47. The summed E-state index contributed by atoms with van der Waals surface area (Å²) in [6, 6.07) is 16.5. The second-order valence-corrected chi connectivity index (χ2v) is 5.83. The van der Waals surface area contributed by atoms with Gasteiger partial charge in [-0.15, -0.1) is 0 Å². The van der Waals surface area contributed by atoms with E-state index < -0.39 is 0 Å². The van der Waals surface area contributed by atoms with Crippen molar-refractivity contribution in [1.29, 1.82) is 0 Å². The van der Waals surface area contributed by atoms with Gasteiger partial charge in [-0.1, -0.05) is 24.3 Å². The number of ether oxygens (including phenoxy) is 2. The number of benzene rings is 2. The third-order valence-electron chi connectivity index (χ3n) is 3.94. The van der Waals surface area contributed by atoms with Crippen molar-refractivity contribution in [3.05, 3.63) is 71.9 Å². The number of nitrogens with zero attached hydrogens (tertiary/aromatic N) is 1. The predicted octanol–water partition coefficient (Wildman–Crippen LogP) is 3.95. The first-order valence-electron chi connectivity index (χ1n) is 8.35. The highest BCUT2D eigenvalue weighted by Gasteiger charge is 2.07. The van der Waals surface area contributed by atoms with E-state index in [4.69, 9.17) is 9.47 Å². The normalized spacial score (nSPS) is 10.5. The van der Waals surface area contributed by atoms with Crippen molar-refractivity contribution in [3.8, 4) is 5.75 Å². The molecular weight excluding hydrogens is 330 g/mol. The molecule has 5 nitrogen and oxygen atoms in total. The summed E-state index contributed by atoms with van der Waals surface area (Å²) in [7, 11) is 0. The predicted molar refractivity (Wildman–Crippen MR) is 98.1 cm³/mol. The van der Waals surface area contributed by atoms with E-state index in [1.807, 2.05) is 30.3 Å². The summed E-state index contributed by atoms with van der Waals surface area (Å²) in [5.41, 5.74) is 2.34. The third kappa shape index (κ3) is 4.45. The number of pyridine rings is 1. The van der Waals surface area contributed by atoms with Crippen molar-refractivity contribution in [2.24, 2.45) is 0 Å². The second-order valence-electron chi connectivity index (χ2n) is 5.83. The van der Waals surface area contributed by atoms with Crippen LogP contribution >= 0.6 is 0 Å². The number of hydrogen-bond acceptors (Lipinski definition) is 5. The van der Waals surface area contributed by atoms with E-state index in [-0.39, 0.29) is 31.4 Å². The smallest absolute Gasteiger partial charge is 0.309 e. The topological polar surface area (TPSA) is 65.5 Å². The molecule has 0 fully saturated rings. The first-order chi connectivity index (χ1) is 12.6. The lowest BCUT2D eigenvalue weighted by Crippen LogP contribution is -2.10. The summed E-state index contributed by atoms with van der Waals surface area (Å²) in [6.07, 6.45) is 1.87. The molecule has 1 aromatic heterocycles. The largest absolute Gasteiger partial charge is 0.493 e. The van der Waals surface area contributed by atoms with Gasteiger partial charge in [-0.05, 0) is 37.3 Å². The van der Waals surface area contributed by atoms with Crippen LogP contribution in [-0.2, 0) is 16.1 Å². The fourth-order valence-electron chi connectivity index (χ4n) is 2.55. The lowest BCUT2D eigenvalue weighted by atomic mass is 10.1. The number of para-hydroxylation sites is 1. The van der Waals surface area contributed by atoms with Crippen molar-refractivity contribution in [1.82, 2.24) is 4.98 Å². The molecule has 132 valence electrons. The molecule has 0 spiro atoms. The summed E-state index contributed by atoms with van der Waals surface area (Å²) in [5, 5.41) is 1.01. The fourth-order valence-corrected chi connectivity index (χ4v) is 2.55. The van der Waals surface area contributed by atoms with Crippen molar-refractivity contribution >= 4 is 22.7 Å². The molecule has 0 aliphatic carbocycles. The standard InChI is InChI=1S/C21H19NO4/c1-15(23)16-7-9-19(10-8-16)25-13-11-20(24)26-14-18-5-2-4-17-6-3-12-22-21(17)18/h2-10,12H,11,13-14H2,1H3. The zero-order valence-corrected chi connectivity index (χ0v) is 14.5. The molecule has 0 saturated carbocycles. The summed E-state index contributed by atoms with van der Waals surface area (Å²) in [5.74, 6) is 0.280. The Morgan fingerprint density at radius 1 is 1.00 bits per heavy atom. The number of hydrogen-bond donors (Lipinski definition) is 0. The average molecular weight is 349 g/mol. The molecule has 0 amide bonds. The minimum Gasteiger partial charge on any atom is -0.493 e. The summed E-state index contributed by atoms with van der Waals surface area (Å²) < 4.78 is 10.8. The zero-order valence-electron chi connectivity index (χ0n) is 14.5. The van der Waals surface area contributed by atoms with Crippen LogP contribution in [0.5, 0.6) is 5.75 Å². The minimum atomic E-state index is -0.335. The van der Waals surface area contributed by atoms with Gasteiger partial charge in [0.1, 0.15) is 12.4 Å². The molecule has 2 aromatic carbocycles. The Morgan fingerprint density at radius 2 is 1.77 bits per heavy atom. The highest BCUT2D eigenvalue weighted by atomic mass is 16.5. The van der Waals surface area contributed by atoms with Gasteiger partial charge in [0.05, 0.1) is 18.5 Å². The molecule has 0 atom stereocenters. The Bertz CT molecular complexity index is 913. The number of ketones is 1. The van der Waals surface area contributed by atoms with E-state index in [1.165, 1.54) is 6.92 Å². The maximum atomic E-state index is 11.9. The molecule has 0 saturated heterocycles. The molecule has 0 aliphatic heterocycles. The number of aromatic nitrogens is 1. The van der Waals surface area contributed by atoms with Gasteiger partial charge in [0.2, 0.25) is 0 Å². The molecule has 3 aromatic rings. The molecule has 0 radical (unpaired) electrons. The highest BCUT2D eigenvalue weighted by molar-refractivity contribution is 5.94. The van der Waals surface area contributed by atoms with Crippen LogP contribution in [0.1, 0.15) is 29.3 Å². The summed E-state index contributed by atoms with van der Waals surface area (Å²) in [6.45, 7) is 1.91. The van der Waals surface area contributed by atoms with Crippen LogP contribution in [0.3, 0.4) is 0 Å². The van der Waals surface area contributed by atoms with Gasteiger partial charge in [-0.25, -0.2) is 0 Å². The number of fused-ring (bicyclic) bond motifs is 1. The van der Waals surface area contributed by atoms with E-state index in [1.54, 1.807) is 30.5 Å². The molecule has 0 unspecified atom stereocenters. The fraction of sp³-hybridized carbons (Fsp3) is 0.190. The maximum absolute atomic E-state index is 11.9. The number of rotatable bonds is 7. The molecule has 26 heavy (non-hydrogen) atoms. The lowest BCUT2D eigenvalue weighted by molar-refractivity contribution is -0.145. The monoisotopic (exact) mass is 349 g/mol. The number of carbonyl (C=O) groups excluding carboxylic acids is 2. The Hall–Kier alpha value is -3.21. The van der Waals surface area contributed by atoms with Crippen molar-refractivity contribution < 1.29 is 19.1 Å². The van der Waals surface area contributed by atoms with Gasteiger partial charge < -0.3 is 9.47 Å². The van der Waals surface area contributed by atoms with Gasteiger partial charge in [-0.3, -0.25) is 14.6 Å². The van der Waals surface area contributed by atoms with Crippen LogP contribution in [0.4, 0.5) is 0 Å². The molecule has 5 heteroatoms. The Kier molecular flexibility index (Phi) is 5.59. The summed E-state index contributed by atoms with van der Waals surface area (Å²) in [4.78, 5) is 27.5. The van der Waals surface area contributed by atoms with Crippen LogP contribution in [0.15, 0.2) is 60.8 Å². The zero-order chi connectivity index (χ0) is 18.4. The molecular formula is C21H19NO4. The molecule has 0 N–H and O–H groups in total. The summed E-state index contributed by atoms with van der Waals surface area (Å²) >= 11 is 0. The van der Waals surface area contributed by atoms with Crippen molar-refractivity contribution in [3.63, 3.8) is 0 Å². The van der Waals surface area contributed by atoms with Crippen molar-refractivity contribution in [2.75, 3.05) is 6.61 Å². The Morgan fingerprint density at radius 3 is 2.54 bits per heavy atom. The van der Waals surface area contributed by atoms with Crippen LogP contribution in [0, 0.1) is 0 Å². The molecule has 0 aliphatic rings. The average Bonchev–Trinajstić information content (AvgIpc) is 2.66. The number of carbonyl (C=O) groups is 2. The lowest BCUT2D eigenvalue weighted by Gasteiger charge is -2.09. The minimum absolute atomic E-state index is 0.00283. The van der Waals surface area contributed by atoms with Crippen LogP contribution < -0.4 is 4.74 Å². The van der Waals surface area contributed by atoms with Gasteiger partial charge in [0.25, 0.3) is 0 Å². The second kappa shape index (κ2) is 8.25. The molecule has 0 bridgehead atoms. The SMILES string of the molecule is CC(=O)c1ccc(OCCC(=O)OCc2cccc3cccnc23)cc1. The Labute approximate surface area is 151 Å². The van der Waals surface area contributed by atoms with Gasteiger partial charge in [0, 0.05) is 22.7 Å². The van der Waals surface area contributed by atoms with Gasteiger partial charge in [0.15, 0.2) is 5.78 Å². The third-order valence-corrected chi connectivity index (χ3v) is 3.94. The van der Waals surface area contributed by atoms with E-state index in [2.05, 4.69) is 4.98 Å². The van der Waals surface area contributed by atoms with Crippen LogP contribution in [0.25, 0.3) is 10.9 Å². The van der Waals surface area contributed by atoms with Crippen LogP contribution in [-0.4, -0.2) is 23.3 Å². The van der Waals surface area contributed by atoms with E-state index in [9.17, 15) is 9.59 Å². The van der Waals surface area contributed by atoms with Gasteiger partial charge >= 0.3 is 5.97 Å². The first-order valence-corrected chi connectivity index (χ1v) is 8.35. The van der Waals surface area contributed by atoms with Crippen LogP contribution in [0.2, 0.25) is 0 Å². The van der Waals surface area contributed by atoms with E-state index >= 15 is 0 Å². The van der Waals surface area contributed by atoms with Crippen molar-refractivity contribution in [2.45, 2.75) is 20.0 Å². The number of esters is 1. The quantitative estimate of drug-likeness (QED) is 0.477. The maximum Gasteiger partial charge on any atom is 0.309 e. The first kappa shape index (κ1) is 17.6. The van der Waals surface area contributed by atoms with E-state index in [0.717, 1.165) is 16.5 Å².